The Morgan fingerprint density at radius 1 is 0.781 bits per heavy atom. The monoisotopic (exact) mass is 422 g/mol. The normalized spacial score (nSPS) is 16.0. The van der Waals surface area contributed by atoms with E-state index >= 15 is 0 Å². The van der Waals surface area contributed by atoms with Crippen molar-refractivity contribution in [2.45, 2.75) is 52.4 Å². The highest BCUT2D eigenvalue weighted by atomic mass is 14.6. The minimum atomic E-state index is -0.357. The van der Waals surface area contributed by atoms with Crippen molar-refractivity contribution in [2.24, 2.45) is 0 Å². The lowest BCUT2D eigenvalue weighted by molar-refractivity contribution is 0.759. The zero-order chi connectivity index (χ0) is 22.9. The van der Waals surface area contributed by atoms with E-state index in [0.29, 0.717) is 0 Å². The number of allylic oxidation sites excluding steroid dienone is 4. The topological polar surface area (TPSA) is 52.0 Å². The van der Waals surface area contributed by atoms with Gasteiger partial charge in [0.15, 0.2) is 0 Å². The summed E-state index contributed by atoms with van der Waals surface area (Å²) in [4.78, 5) is 0. The fourth-order valence-corrected chi connectivity index (χ4v) is 5.29. The summed E-state index contributed by atoms with van der Waals surface area (Å²) in [5.41, 5.74) is 24.1. The van der Waals surface area contributed by atoms with E-state index in [1.54, 1.807) is 0 Å². The predicted molar refractivity (Wildman–Crippen MR) is 139 cm³/mol. The van der Waals surface area contributed by atoms with Crippen molar-refractivity contribution >= 4 is 16.9 Å². The number of nitrogen functional groups attached to an aromatic ring is 2. The van der Waals surface area contributed by atoms with Crippen molar-refractivity contribution in [3.8, 4) is 0 Å². The Kier molecular flexibility index (Phi) is 5.97. The zero-order valence-electron chi connectivity index (χ0n) is 19.7. The van der Waals surface area contributed by atoms with Gasteiger partial charge in [0.05, 0.1) is 5.41 Å². The fourth-order valence-electron chi connectivity index (χ4n) is 5.29. The summed E-state index contributed by atoms with van der Waals surface area (Å²) in [6.45, 7) is 8.19. The number of rotatable bonds is 2. The van der Waals surface area contributed by atoms with Gasteiger partial charge >= 0.3 is 0 Å². The third-order valence-corrected chi connectivity index (χ3v) is 6.87. The summed E-state index contributed by atoms with van der Waals surface area (Å²) in [5, 5.41) is 0. The molecule has 0 unspecified atom stereocenters. The summed E-state index contributed by atoms with van der Waals surface area (Å²) in [7, 11) is 0. The molecule has 0 heterocycles. The van der Waals surface area contributed by atoms with Crippen LogP contribution in [0.3, 0.4) is 0 Å². The fraction of sp³-hybridized carbons (Fsp3) is 0.267. The first kappa shape index (κ1) is 22.0. The van der Waals surface area contributed by atoms with Gasteiger partial charge in [0.25, 0.3) is 0 Å². The summed E-state index contributed by atoms with van der Waals surface area (Å²) < 4.78 is 0. The molecule has 2 heteroatoms. The van der Waals surface area contributed by atoms with Gasteiger partial charge < -0.3 is 11.5 Å². The molecule has 5 rings (SSSR count). The van der Waals surface area contributed by atoms with Gasteiger partial charge in [-0.1, -0.05) is 74.5 Å². The predicted octanol–water partition coefficient (Wildman–Crippen LogP) is 7.34. The lowest BCUT2D eigenvalue weighted by Crippen LogP contribution is -2.29. The van der Waals surface area contributed by atoms with E-state index < -0.39 is 0 Å². The molecular weight excluding hydrogens is 388 g/mol. The largest absolute Gasteiger partial charge is 0.399 e. The number of anilines is 2. The quantitative estimate of drug-likeness (QED) is 0.425. The molecule has 0 radical (unpaired) electrons. The van der Waals surface area contributed by atoms with Crippen molar-refractivity contribution in [1.29, 1.82) is 0 Å². The van der Waals surface area contributed by atoms with Crippen LogP contribution in [-0.4, -0.2) is 0 Å². The van der Waals surface area contributed by atoms with E-state index in [2.05, 4.69) is 86.7 Å². The van der Waals surface area contributed by atoms with Crippen molar-refractivity contribution < 1.29 is 0 Å². The van der Waals surface area contributed by atoms with Gasteiger partial charge in [-0.25, -0.2) is 0 Å². The minimum Gasteiger partial charge on any atom is -0.399 e. The summed E-state index contributed by atoms with van der Waals surface area (Å²) in [5.74, 6) is 0. The maximum absolute atomic E-state index is 6.22. The molecule has 0 amide bonds. The van der Waals surface area contributed by atoms with E-state index in [-0.39, 0.29) is 5.41 Å². The molecule has 4 N–H and O–H groups in total. The molecular formula is C30H34N2. The van der Waals surface area contributed by atoms with Crippen LogP contribution in [0.25, 0.3) is 5.57 Å². The van der Waals surface area contributed by atoms with Crippen molar-refractivity contribution in [3.63, 3.8) is 0 Å². The third-order valence-electron chi connectivity index (χ3n) is 6.87. The molecule has 2 aliphatic rings. The minimum absolute atomic E-state index is 0.357. The van der Waals surface area contributed by atoms with Crippen LogP contribution >= 0.6 is 0 Å². The Labute approximate surface area is 192 Å². The first-order valence-corrected chi connectivity index (χ1v) is 11.8. The highest BCUT2D eigenvalue weighted by molar-refractivity contribution is 5.88. The van der Waals surface area contributed by atoms with Crippen LogP contribution < -0.4 is 11.5 Å². The molecule has 164 valence electrons. The number of fused-ring (bicyclic) bond motifs is 2. The Bertz CT molecular complexity index is 1160. The second-order valence-corrected chi connectivity index (χ2v) is 8.63. The Morgan fingerprint density at radius 3 is 1.97 bits per heavy atom. The van der Waals surface area contributed by atoms with Crippen LogP contribution in [0, 0.1) is 13.8 Å². The SMILES string of the molecule is CC.Cc1cc(C2(c3ccc(N)c(C)c3)C3=C(CCCC=C3)c3ccccc32)ccc1N. The highest BCUT2D eigenvalue weighted by Gasteiger charge is 2.46. The van der Waals surface area contributed by atoms with Gasteiger partial charge in [-0.3, -0.25) is 0 Å². The van der Waals surface area contributed by atoms with Crippen molar-refractivity contribution in [2.75, 3.05) is 11.5 Å². The Hall–Kier alpha value is -3.26. The number of benzene rings is 3. The van der Waals surface area contributed by atoms with E-state index in [0.717, 1.165) is 35.3 Å². The van der Waals surface area contributed by atoms with Crippen LogP contribution in [0.15, 0.2) is 78.4 Å². The lowest BCUT2D eigenvalue weighted by atomic mass is 9.66. The van der Waals surface area contributed by atoms with E-state index in [4.69, 9.17) is 11.5 Å². The van der Waals surface area contributed by atoms with E-state index in [1.165, 1.54) is 39.8 Å². The molecule has 32 heavy (non-hydrogen) atoms. The van der Waals surface area contributed by atoms with Crippen LogP contribution in [0.5, 0.6) is 0 Å². The summed E-state index contributed by atoms with van der Waals surface area (Å²) in [6.07, 6.45) is 8.12. The average Bonchev–Trinajstić information content (AvgIpc) is 2.93. The molecule has 0 atom stereocenters. The molecule has 3 aromatic carbocycles. The zero-order valence-corrected chi connectivity index (χ0v) is 19.7. The van der Waals surface area contributed by atoms with Crippen molar-refractivity contribution in [3.05, 3.63) is 112 Å². The van der Waals surface area contributed by atoms with E-state index in [1.807, 2.05) is 13.8 Å². The lowest BCUT2D eigenvalue weighted by Gasteiger charge is -2.35. The standard InChI is InChI=1S/C28H28N2.C2H6/c1-18-16-20(12-14-26(18)29)28(21-13-15-27(30)19(2)17-21)24-10-5-3-4-8-22(24)23-9-6-7-11-25(23)28;1-2/h5-7,9-17H,3-4,8,29-30H2,1-2H3;1-2H3. The maximum Gasteiger partial charge on any atom is 0.0710 e. The van der Waals surface area contributed by atoms with Crippen LogP contribution in [0.4, 0.5) is 11.4 Å². The summed E-state index contributed by atoms with van der Waals surface area (Å²) >= 11 is 0. The number of aryl methyl sites for hydroxylation is 2. The van der Waals surface area contributed by atoms with Gasteiger partial charge in [0, 0.05) is 11.4 Å². The van der Waals surface area contributed by atoms with Crippen LogP contribution in [0.1, 0.15) is 66.5 Å². The molecule has 0 saturated heterocycles. The van der Waals surface area contributed by atoms with Gasteiger partial charge in [0.2, 0.25) is 0 Å². The second-order valence-electron chi connectivity index (χ2n) is 8.63. The smallest absolute Gasteiger partial charge is 0.0710 e. The second kappa shape index (κ2) is 8.70. The maximum atomic E-state index is 6.22. The molecule has 0 spiro atoms. The number of hydrogen-bond acceptors (Lipinski definition) is 2. The van der Waals surface area contributed by atoms with Gasteiger partial charge in [-0.2, -0.15) is 0 Å². The molecule has 0 aromatic heterocycles. The number of hydrogen-bond donors (Lipinski definition) is 2. The van der Waals surface area contributed by atoms with Crippen molar-refractivity contribution in [1.82, 2.24) is 0 Å². The molecule has 0 bridgehead atoms. The van der Waals surface area contributed by atoms with E-state index in [9.17, 15) is 0 Å². The molecule has 2 aliphatic carbocycles. The first-order chi connectivity index (χ1) is 15.5. The van der Waals surface area contributed by atoms with Gasteiger partial charge in [-0.15, -0.1) is 0 Å². The summed E-state index contributed by atoms with van der Waals surface area (Å²) in [6, 6.07) is 22.0. The number of nitrogens with two attached hydrogens (primary N) is 2. The molecule has 0 saturated carbocycles. The van der Waals surface area contributed by atoms with Gasteiger partial charge in [0.1, 0.15) is 0 Å². The van der Waals surface area contributed by atoms with Crippen LogP contribution in [-0.2, 0) is 5.41 Å². The molecule has 3 aromatic rings. The highest BCUT2D eigenvalue weighted by Crippen LogP contribution is 2.57. The third kappa shape index (κ3) is 3.26. The first-order valence-electron chi connectivity index (χ1n) is 11.8. The Morgan fingerprint density at radius 2 is 1.38 bits per heavy atom. The molecule has 0 aliphatic heterocycles. The Balaban J connectivity index is 0.00000119. The molecule has 0 fully saturated rings. The average molecular weight is 423 g/mol. The molecule has 2 nitrogen and oxygen atoms in total. The van der Waals surface area contributed by atoms with Crippen LogP contribution in [0.2, 0.25) is 0 Å². The van der Waals surface area contributed by atoms with Gasteiger partial charge in [-0.05, 0) is 89.8 Å².